The Morgan fingerprint density at radius 2 is 2.24 bits per heavy atom. The van der Waals surface area contributed by atoms with Gasteiger partial charge in [-0.25, -0.2) is 4.39 Å². The van der Waals surface area contributed by atoms with Crippen molar-refractivity contribution in [2.24, 2.45) is 7.05 Å². The number of hydrogen-bond donors (Lipinski definition) is 1. The van der Waals surface area contributed by atoms with Gasteiger partial charge < -0.3 is 5.32 Å². The molecule has 0 saturated carbocycles. The number of hydrogen-bond acceptors (Lipinski definition) is 3. The van der Waals surface area contributed by atoms with Crippen LogP contribution in [-0.4, -0.2) is 35.7 Å². The zero-order valence-electron chi connectivity index (χ0n) is 12.2. The van der Waals surface area contributed by atoms with E-state index in [1.165, 1.54) is 18.0 Å². The number of aryl methyl sites for hydroxylation is 2. The first-order valence-corrected chi connectivity index (χ1v) is 6.53. The zero-order valence-corrected chi connectivity index (χ0v) is 12.2. The molecule has 0 atom stereocenters. The lowest BCUT2D eigenvalue weighted by Gasteiger charge is -2.14. The van der Waals surface area contributed by atoms with Crippen molar-refractivity contribution in [1.82, 2.24) is 15.1 Å². The monoisotopic (exact) mass is 292 g/mol. The van der Waals surface area contributed by atoms with Crippen molar-refractivity contribution in [3.8, 4) is 0 Å². The van der Waals surface area contributed by atoms with Crippen molar-refractivity contribution < 1.29 is 14.0 Å². The molecule has 0 unspecified atom stereocenters. The van der Waals surface area contributed by atoms with Crippen LogP contribution in [0.1, 0.15) is 12.0 Å². The minimum Gasteiger partial charge on any atom is -0.359 e. The van der Waals surface area contributed by atoms with Gasteiger partial charge in [-0.2, -0.15) is 5.10 Å². The van der Waals surface area contributed by atoms with E-state index in [9.17, 15) is 14.0 Å². The van der Waals surface area contributed by atoms with E-state index in [2.05, 4.69) is 10.4 Å². The lowest BCUT2D eigenvalue weighted by Crippen LogP contribution is -2.28. The smallest absolute Gasteiger partial charge is 0.221 e. The second kappa shape index (κ2) is 5.90. The van der Waals surface area contributed by atoms with E-state index >= 15 is 0 Å². The SMILES string of the molecule is CNC(=O)CCN(C=O)c1nn(C)c2cc(C)c(F)cc12. The number of aromatic nitrogens is 2. The van der Waals surface area contributed by atoms with Gasteiger partial charge in [0.2, 0.25) is 12.3 Å². The standard InChI is InChI=1S/C14H17FN4O2/c1-9-6-12-10(7-11(9)15)14(17-18(12)3)19(8-20)5-4-13(21)16-2/h6-8H,4-5H2,1-3H3,(H,16,21). The Morgan fingerprint density at radius 3 is 2.86 bits per heavy atom. The Labute approximate surface area is 121 Å². The van der Waals surface area contributed by atoms with E-state index in [4.69, 9.17) is 0 Å². The molecule has 1 N–H and O–H groups in total. The first kappa shape index (κ1) is 15.0. The maximum absolute atomic E-state index is 13.8. The molecule has 1 heterocycles. The number of nitrogens with zero attached hydrogens (tertiary/aromatic N) is 3. The van der Waals surface area contributed by atoms with Crippen LogP contribution in [0.5, 0.6) is 0 Å². The molecule has 21 heavy (non-hydrogen) atoms. The third-order valence-corrected chi connectivity index (χ3v) is 3.37. The fourth-order valence-corrected chi connectivity index (χ4v) is 2.13. The van der Waals surface area contributed by atoms with Gasteiger partial charge in [-0.15, -0.1) is 0 Å². The van der Waals surface area contributed by atoms with Gasteiger partial charge in [-0.05, 0) is 24.6 Å². The van der Waals surface area contributed by atoms with Crippen LogP contribution in [0.4, 0.5) is 10.2 Å². The van der Waals surface area contributed by atoms with E-state index < -0.39 is 0 Å². The van der Waals surface area contributed by atoms with E-state index in [0.717, 1.165) is 5.52 Å². The van der Waals surface area contributed by atoms with Crippen molar-refractivity contribution in [2.75, 3.05) is 18.5 Å². The quantitative estimate of drug-likeness (QED) is 0.840. The number of carbonyl (C=O) groups is 2. The van der Waals surface area contributed by atoms with Gasteiger partial charge in [0.05, 0.1) is 5.52 Å². The summed E-state index contributed by atoms with van der Waals surface area (Å²) in [5.41, 5.74) is 1.25. The molecule has 2 aromatic rings. The van der Waals surface area contributed by atoms with Crippen LogP contribution < -0.4 is 10.2 Å². The number of anilines is 1. The fourth-order valence-electron chi connectivity index (χ4n) is 2.13. The van der Waals surface area contributed by atoms with Gasteiger partial charge in [0.15, 0.2) is 5.82 Å². The third-order valence-electron chi connectivity index (χ3n) is 3.37. The molecule has 0 aliphatic heterocycles. The molecule has 0 radical (unpaired) electrons. The highest BCUT2D eigenvalue weighted by molar-refractivity contribution is 5.96. The highest BCUT2D eigenvalue weighted by Crippen LogP contribution is 2.27. The van der Waals surface area contributed by atoms with Crippen LogP contribution in [0.15, 0.2) is 12.1 Å². The molecule has 0 bridgehead atoms. The number of nitrogens with one attached hydrogen (secondary N) is 1. The Bertz CT molecular complexity index is 696. The number of halogens is 1. The number of amides is 2. The molecular weight excluding hydrogens is 275 g/mol. The van der Waals surface area contributed by atoms with E-state index in [1.807, 2.05) is 0 Å². The lowest BCUT2D eigenvalue weighted by molar-refractivity contribution is -0.120. The van der Waals surface area contributed by atoms with E-state index in [0.29, 0.717) is 23.2 Å². The predicted molar refractivity (Wildman–Crippen MR) is 77.5 cm³/mol. The molecule has 6 nitrogen and oxygen atoms in total. The molecular formula is C14H17FN4O2. The average molecular weight is 292 g/mol. The van der Waals surface area contributed by atoms with Crippen LogP contribution in [-0.2, 0) is 16.6 Å². The maximum Gasteiger partial charge on any atom is 0.221 e. The van der Waals surface area contributed by atoms with Crippen molar-refractivity contribution in [3.63, 3.8) is 0 Å². The number of carbonyl (C=O) groups excluding carboxylic acids is 2. The fraction of sp³-hybridized carbons (Fsp3) is 0.357. The molecule has 112 valence electrons. The maximum atomic E-state index is 13.8. The highest BCUT2D eigenvalue weighted by Gasteiger charge is 2.17. The molecule has 2 rings (SSSR count). The molecule has 1 aromatic carbocycles. The minimum atomic E-state index is -0.353. The number of benzene rings is 1. The number of fused-ring (bicyclic) bond motifs is 1. The molecule has 2 amide bonds. The molecule has 0 aliphatic carbocycles. The second-order valence-corrected chi connectivity index (χ2v) is 4.79. The van der Waals surface area contributed by atoms with Crippen molar-refractivity contribution in [1.29, 1.82) is 0 Å². The Morgan fingerprint density at radius 1 is 1.52 bits per heavy atom. The van der Waals surface area contributed by atoms with Crippen molar-refractivity contribution in [2.45, 2.75) is 13.3 Å². The first-order chi connectivity index (χ1) is 9.97. The summed E-state index contributed by atoms with van der Waals surface area (Å²) in [4.78, 5) is 23.9. The Hall–Kier alpha value is -2.44. The zero-order chi connectivity index (χ0) is 15.6. The van der Waals surface area contributed by atoms with Gasteiger partial charge in [0.25, 0.3) is 0 Å². The van der Waals surface area contributed by atoms with Crippen LogP contribution >= 0.6 is 0 Å². The molecule has 7 heteroatoms. The van der Waals surface area contributed by atoms with E-state index in [1.54, 1.807) is 24.7 Å². The summed E-state index contributed by atoms with van der Waals surface area (Å²) >= 11 is 0. The second-order valence-electron chi connectivity index (χ2n) is 4.79. The van der Waals surface area contributed by atoms with Gasteiger partial charge >= 0.3 is 0 Å². The summed E-state index contributed by atoms with van der Waals surface area (Å²) in [6.07, 6.45) is 0.754. The molecule has 0 fully saturated rings. The van der Waals surface area contributed by atoms with Gasteiger partial charge in [-0.3, -0.25) is 19.2 Å². The van der Waals surface area contributed by atoms with Crippen LogP contribution in [0.3, 0.4) is 0 Å². The first-order valence-electron chi connectivity index (χ1n) is 6.53. The predicted octanol–water partition coefficient (Wildman–Crippen LogP) is 1.12. The molecule has 0 aliphatic rings. The molecule has 1 aromatic heterocycles. The van der Waals surface area contributed by atoms with Crippen LogP contribution in [0.2, 0.25) is 0 Å². The van der Waals surface area contributed by atoms with Gasteiger partial charge in [-0.1, -0.05) is 0 Å². The molecule has 0 spiro atoms. The topological polar surface area (TPSA) is 67.2 Å². The normalized spacial score (nSPS) is 10.7. The summed E-state index contributed by atoms with van der Waals surface area (Å²) in [5, 5.41) is 7.29. The largest absolute Gasteiger partial charge is 0.359 e. The van der Waals surface area contributed by atoms with Crippen LogP contribution in [0.25, 0.3) is 10.9 Å². The minimum absolute atomic E-state index is 0.154. The van der Waals surface area contributed by atoms with Crippen molar-refractivity contribution in [3.05, 3.63) is 23.5 Å². The summed E-state index contributed by atoms with van der Waals surface area (Å²) in [7, 11) is 3.26. The van der Waals surface area contributed by atoms with Crippen LogP contribution in [0, 0.1) is 12.7 Å². The summed E-state index contributed by atoms with van der Waals surface area (Å²) < 4.78 is 15.4. The summed E-state index contributed by atoms with van der Waals surface area (Å²) in [6.45, 7) is 1.86. The summed E-state index contributed by atoms with van der Waals surface area (Å²) in [6, 6.07) is 3.05. The average Bonchev–Trinajstić information content (AvgIpc) is 2.77. The van der Waals surface area contributed by atoms with Gasteiger partial charge in [0.1, 0.15) is 5.82 Å². The van der Waals surface area contributed by atoms with Gasteiger partial charge in [0, 0.05) is 32.4 Å². The Balaban J connectivity index is 2.42. The number of rotatable bonds is 5. The Kier molecular flexibility index (Phi) is 4.21. The third kappa shape index (κ3) is 2.86. The summed E-state index contributed by atoms with van der Waals surface area (Å²) in [5.74, 6) is -0.177. The van der Waals surface area contributed by atoms with Crippen molar-refractivity contribution >= 4 is 29.0 Å². The lowest BCUT2D eigenvalue weighted by atomic mass is 10.1. The molecule has 0 saturated heterocycles. The highest BCUT2D eigenvalue weighted by atomic mass is 19.1. The van der Waals surface area contributed by atoms with E-state index in [-0.39, 0.29) is 24.7 Å².